The SMILES string of the molecule is COCC(Cc1ccc(OCc2c(Cl)cccc2Cl)cc1)NC(=O)C1CCC(C)(C(=O)O)C1(C)C. The van der Waals surface area contributed by atoms with Gasteiger partial charge in [0.25, 0.3) is 0 Å². The molecule has 0 saturated heterocycles. The summed E-state index contributed by atoms with van der Waals surface area (Å²) in [6, 6.07) is 12.7. The molecule has 3 rings (SSSR count). The molecule has 0 aromatic heterocycles. The topological polar surface area (TPSA) is 84.9 Å². The Balaban J connectivity index is 1.62. The van der Waals surface area contributed by atoms with Crippen LogP contribution in [-0.2, 0) is 27.4 Å². The minimum atomic E-state index is -0.935. The number of carbonyl (C=O) groups excluding carboxylic acids is 1. The van der Waals surface area contributed by atoms with E-state index in [9.17, 15) is 14.7 Å². The molecule has 2 aromatic rings. The zero-order valence-electron chi connectivity index (χ0n) is 20.6. The van der Waals surface area contributed by atoms with Gasteiger partial charge in [-0.2, -0.15) is 0 Å². The lowest BCUT2D eigenvalue weighted by Crippen LogP contribution is -2.48. The Morgan fingerprint density at radius 1 is 1.11 bits per heavy atom. The van der Waals surface area contributed by atoms with Gasteiger partial charge in [-0.1, -0.05) is 55.2 Å². The van der Waals surface area contributed by atoms with Crippen LogP contribution in [0.25, 0.3) is 0 Å². The molecule has 2 aromatic carbocycles. The number of hydrogen-bond donors (Lipinski definition) is 2. The second-order valence-electron chi connectivity index (χ2n) is 9.95. The number of halogens is 2. The highest BCUT2D eigenvalue weighted by molar-refractivity contribution is 6.35. The average molecular weight is 522 g/mol. The highest BCUT2D eigenvalue weighted by Crippen LogP contribution is 2.56. The molecule has 3 unspecified atom stereocenters. The van der Waals surface area contributed by atoms with Gasteiger partial charge in [-0.05, 0) is 61.4 Å². The summed E-state index contributed by atoms with van der Waals surface area (Å²) in [6.45, 7) is 6.08. The number of ether oxygens (including phenoxy) is 2. The Kier molecular flexibility index (Phi) is 8.73. The normalized spacial score (nSPS) is 21.9. The van der Waals surface area contributed by atoms with Crippen LogP contribution in [0.1, 0.15) is 44.7 Å². The first-order valence-corrected chi connectivity index (χ1v) is 12.4. The second kappa shape index (κ2) is 11.2. The maximum atomic E-state index is 13.2. The van der Waals surface area contributed by atoms with Gasteiger partial charge in [-0.3, -0.25) is 9.59 Å². The Labute approximate surface area is 216 Å². The number of carbonyl (C=O) groups is 2. The Morgan fingerprint density at radius 2 is 1.74 bits per heavy atom. The molecule has 1 aliphatic rings. The quantitative estimate of drug-likeness (QED) is 0.414. The maximum absolute atomic E-state index is 13.2. The molecule has 1 saturated carbocycles. The molecule has 35 heavy (non-hydrogen) atoms. The number of nitrogens with one attached hydrogen (secondary N) is 1. The Hall–Kier alpha value is -2.28. The van der Waals surface area contributed by atoms with Gasteiger partial charge in [0.15, 0.2) is 0 Å². The van der Waals surface area contributed by atoms with Crippen molar-refractivity contribution < 1.29 is 24.2 Å². The van der Waals surface area contributed by atoms with E-state index in [0.717, 1.165) is 11.1 Å². The zero-order valence-corrected chi connectivity index (χ0v) is 22.1. The number of rotatable bonds is 10. The van der Waals surface area contributed by atoms with Crippen LogP contribution in [0.2, 0.25) is 10.0 Å². The minimum Gasteiger partial charge on any atom is -0.489 e. The van der Waals surface area contributed by atoms with Crippen LogP contribution in [0, 0.1) is 16.7 Å². The number of carboxylic acids is 1. The summed E-state index contributed by atoms with van der Waals surface area (Å²) in [6.07, 6.45) is 1.59. The van der Waals surface area contributed by atoms with Gasteiger partial charge in [0, 0.05) is 28.6 Å². The average Bonchev–Trinajstić information content (AvgIpc) is 3.04. The van der Waals surface area contributed by atoms with Crippen molar-refractivity contribution in [3.8, 4) is 5.75 Å². The van der Waals surface area contributed by atoms with Crippen LogP contribution < -0.4 is 10.1 Å². The fourth-order valence-corrected chi connectivity index (χ4v) is 5.34. The molecular weight excluding hydrogens is 489 g/mol. The van der Waals surface area contributed by atoms with E-state index in [1.165, 1.54) is 0 Å². The van der Waals surface area contributed by atoms with Gasteiger partial charge in [0.1, 0.15) is 12.4 Å². The van der Waals surface area contributed by atoms with Gasteiger partial charge >= 0.3 is 5.97 Å². The van der Waals surface area contributed by atoms with Gasteiger partial charge in [-0.15, -0.1) is 0 Å². The molecule has 6 nitrogen and oxygen atoms in total. The molecule has 1 fully saturated rings. The highest BCUT2D eigenvalue weighted by Gasteiger charge is 2.58. The van der Waals surface area contributed by atoms with Gasteiger partial charge in [0.05, 0.1) is 18.1 Å². The number of hydrogen-bond acceptors (Lipinski definition) is 4. The molecule has 1 aliphatic carbocycles. The van der Waals surface area contributed by atoms with E-state index in [1.54, 1.807) is 32.2 Å². The van der Waals surface area contributed by atoms with Crippen molar-refractivity contribution in [1.82, 2.24) is 5.32 Å². The largest absolute Gasteiger partial charge is 0.489 e. The summed E-state index contributed by atoms with van der Waals surface area (Å²) >= 11 is 12.4. The van der Waals surface area contributed by atoms with E-state index in [-0.39, 0.29) is 24.5 Å². The number of carboxylic acid groups (broad SMARTS) is 1. The molecule has 3 atom stereocenters. The van der Waals surface area contributed by atoms with Crippen molar-refractivity contribution in [2.75, 3.05) is 13.7 Å². The molecule has 0 aliphatic heterocycles. The van der Waals surface area contributed by atoms with Crippen LogP contribution in [0.15, 0.2) is 42.5 Å². The zero-order chi connectivity index (χ0) is 25.8. The molecule has 8 heteroatoms. The van der Waals surface area contributed by atoms with Crippen molar-refractivity contribution in [1.29, 1.82) is 0 Å². The molecule has 0 heterocycles. The van der Waals surface area contributed by atoms with Crippen molar-refractivity contribution in [2.45, 2.75) is 52.7 Å². The highest BCUT2D eigenvalue weighted by atomic mass is 35.5. The van der Waals surface area contributed by atoms with E-state index < -0.39 is 16.8 Å². The maximum Gasteiger partial charge on any atom is 0.309 e. The smallest absolute Gasteiger partial charge is 0.309 e. The minimum absolute atomic E-state index is 0.126. The van der Waals surface area contributed by atoms with Crippen LogP contribution in [0.5, 0.6) is 5.75 Å². The molecule has 1 amide bonds. The summed E-state index contributed by atoms with van der Waals surface area (Å²) in [5.74, 6) is -0.683. The molecule has 0 spiro atoms. The van der Waals surface area contributed by atoms with E-state index in [1.807, 2.05) is 38.1 Å². The number of aliphatic carboxylic acids is 1. The van der Waals surface area contributed by atoms with Gasteiger partial charge in [-0.25, -0.2) is 0 Å². The lowest BCUT2D eigenvalue weighted by atomic mass is 9.65. The van der Waals surface area contributed by atoms with Crippen LogP contribution in [0.4, 0.5) is 0 Å². The first kappa shape index (κ1) is 27.3. The summed E-state index contributed by atoms with van der Waals surface area (Å²) < 4.78 is 11.2. The second-order valence-corrected chi connectivity index (χ2v) is 10.8. The molecule has 0 radical (unpaired) electrons. The third-order valence-electron chi connectivity index (χ3n) is 7.58. The standard InChI is InChI=1S/C27H33Cl2NO5/c1-26(2)21(12-13-27(26,3)25(32)33)24(31)30-18(15-34-4)14-17-8-10-19(11-9-17)35-16-20-22(28)6-5-7-23(20)29/h5-11,18,21H,12-16H2,1-4H3,(H,30,31)(H,32,33). The predicted octanol–water partition coefficient (Wildman–Crippen LogP) is 5.77. The van der Waals surface area contributed by atoms with Crippen molar-refractivity contribution in [2.24, 2.45) is 16.7 Å². The summed E-state index contributed by atoms with van der Waals surface area (Å²) in [4.78, 5) is 25.1. The molecule has 2 N–H and O–H groups in total. The monoisotopic (exact) mass is 521 g/mol. The predicted molar refractivity (Wildman–Crippen MR) is 137 cm³/mol. The Morgan fingerprint density at radius 3 is 2.29 bits per heavy atom. The van der Waals surface area contributed by atoms with Gasteiger partial charge < -0.3 is 19.9 Å². The van der Waals surface area contributed by atoms with Crippen LogP contribution in [-0.4, -0.2) is 36.7 Å². The fourth-order valence-electron chi connectivity index (χ4n) is 4.83. The van der Waals surface area contributed by atoms with E-state index >= 15 is 0 Å². The molecule has 190 valence electrons. The first-order chi connectivity index (χ1) is 16.5. The van der Waals surface area contributed by atoms with Crippen LogP contribution >= 0.6 is 23.2 Å². The summed E-state index contributed by atoms with van der Waals surface area (Å²) in [5, 5.41) is 14.0. The lowest BCUT2D eigenvalue weighted by molar-refractivity contribution is -0.155. The fraction of sp³-hybridized carbons (Fsp3) is 0.481. The van der Waals surface area contributed by atoms with E-state index in [0.29, 0.717) is 41.7 Å². The third-order valence-corrected chi connectivity index (χ3v) is 8.29. The van der Waals surface area contributed by atoms with Crippen molar-refractivity contribution >= 4 is 35.1 Å². The van der Waals surface area contributed by atoms with E-state index in [2.05, 4.69) is 5.32 Å². The summed E-state index contributed by atoms with van der Waals surface area (Å²) in [5.41, 5.74) is 0.146. The molecular formula is C27H33Cl2NO5. The van der Waals surface area contributed by atoms with Crippen LogP contribution in [0.3, 0.4) is 0 Å². The number of benzene rings is 2. The van der Waals surface area contributed by atoms with Gasteiger partial charge in [0.2, 0.25) is 5.91 Å². The van der Waals surface area contributed by atoms with E-state index in [4.69, 9.17) is 32.7 Å². The first-order valence-electron chi connectivity index (χ1n) is 11.7. The number of methoxy groups -OCH3 is 1. The lowest BCUT2D eigenvalue weighted by Gasteiger charge is -2.38. The van der Waals surface area contributed by atoms with Crippen molar-refractivity contribution in [3.63, 3.8) is 0 Å². The molecule has 0 bridgehead atoms. The van der Waals surface area contributed by atoms with Crippen molar-refractivity contribution in [3.05, 3.63) is 63.6 Å². The number of amides is 1. The third kappa shape index (κ3) is 5.93. The Bertz CT molecular complexity index is 1040. The summed E-state index contributed by atoms with van der Waals surface area (Å²) in [7, 11) is 1.59.